The van der Waals surface area contributed by atoms with Crippen LogP contribution in [0.3, 0.4) is 0 Å². The van der Waals surface area contributed by atoms with Crippen molar-refractivity contribution >= 4 is 15.9 Å². The van der Waals surface area contributed by atoms with Crippen LogP contribution in [0, 0.1) is 11.2 Å². The van der Waals surface area contributed by atoms with Gasteiger partial charge in [-0.3, -0.25) is 0 Å². The summed E-state index contributed by atoms with van der Waals surface area (Å²) in [5.41, 5.74) is 0.0417. The molecule has 0 aromatic carbocycles. The summed E-state index contributed by atoms with van der Waals surface area (Å²) in [5, 5.41) is 2.98. The Morgan fingerprint density at radius 1 is 1.41 bits per heavy atom. The molecule has 1 saturated heterocycles. The van der Waals surface area contributed by atoms with E-state index >= 15 is 0 Å². The van der Waals surface area contributed by atoms with Crippen LogP contribution in [0.5, 0.6) is 5.88 Å². The van der Waals surface area contributed by atoms with Gasteiger partial charge in [-0.15, -0.1) is 0 Å². The molecule has 1 fully saturated rings. The highest BCUT2D eigenvalue weighted by Gasteiger charge is 2.31. The van der Waals surface area contributed by atoms with Crippen molar-refractivity contribution in [1.82, 2.24) is 4.98 Å². The summed E-state index contributed by atoms with van der Waals surface area (Å²) >= 11 is 0. The number of hydrogen-bond donors (Lipinski definition) is 1. The third kappa shape index (κ3) is 4.54. The third-order valence-electron chi connectivity index (χ3n) is 3.99. The minimum atomic E-state index is -3.69. The molecule has 0 amide bonds. The maximum Gasteiger partial charge on any atom is 0.307 e. The first-order valence-corrected chi connectivity index (χ1v) is 9.03. The standard InChI is InChI=1S/C14H21FN2O4S/c1-3-14(6-8-20-9-7-14)10-16-13-11(15)4-5-12(17-13)21-22(2,18)19/h4-5H,3,6-10H2,1-2H3,(H,16,17). The Morgan fingerprint density at radius 3 is 2.68 bits per heavy atom. The molecule has 2 heterocycles. The second kappa shape index (κ2) is 6.78. The fourth-order valence-electron chi connectivity index (χ4n) is 2.48. The molecule has 0 aliphatic carbocycles. The molecule has 0 saturated carbocycles. The van der Waals surface area contributed by atoms with Gasteiger partial charge in [-0.05, 0) is 30.7 Å². The fourth-order valence-corrected chi connectivity index (χ4v) is 2.88. The average molecular weight is 332 g/mol. The Bertz CT molecular complexity index is 615. The monoisotopic (exact) mass is 332 g/mol. The number of aromatic nitrogens is 1. The molecule has 1 aliphatic rings. The molecule has 8 heteroatoms. The molecule has 6 nitrogen and oxygen atoms in total. The molecule has 0 bridgehead atoms. The van der Waals surface area contributed by atoms with E-state index in [1.54, 1.807) is 0 Å². The first-order valence-electron chi connectivity index (χ1n) is 7.21. The molecule has 1 aromatic rings. The second-order valence-electron chi connectivity index (χ2n) is 5.59. The lowest BCUT2D eigenvalue weighted by atomic mass is 9.78. The number of nitrogens with zero attached hydrogens (tertiary/aromatic N) is 1. The molecule has 22 heavy (non-hydrogen) atoms. The lowest BCUT2D eigenvalue weighted by Gasteiger charge is -2.36. The van der Waals surface area contributed by atoms with Crippen molar-refractivity contribution in [2.75, 3.05) is 31.3 Å². The summed E-state index contributed by atoms with van der Waals surface area (Å²) in [5.74, 6) is -0.691. The maximum atomic E-state index is 13.8. The lowest BCUT2D eigenvalue weighted by molar-refractivity contribution is 0.0191. The average Bonchev–Trinajstić information content (AvgIpc) is 2.47. The first-order chi connectivity index (χ1) is 10.3. The summed E-state index contributed by atoms with van der Waals surface area (Å²) in [6.45, 7) is 4.05. The number of halogens is 1. The van der Waals surface area contributed by atoms with Crippen molar-refractivity contribution in [2.24, 2.45) is 5.41 Å². The van der Waals surface area contributed by atoms with Gasteiger partial charge in [-0.25, -0.2) is 4.39 Å². The highest BCUT2D eigenvalue weighted by Crippen LogP contribution is 2.34. The summed E-state index contributed by atoms with van der Waals surface area (Å²) in [7, 11) is -3.69. The summed E-state index contributed by atoms with van der Waals surface area (Å²) in [6.07, 6.45) is 3.67. The van der Waals surface area contributed by atoms with Crippen molar-refractivity contribution < 1.29 is 21.7 Å². The van der Waals surface area contributed by atoms with Gasteiger partial charge in [-0.2, -0.15) is 13.4 Å². The van der Waals surface area contributed by atoms with Crippen LogP contribution in [-0.2, 0) is 14.9 Å². The van der Waals surface area contributed by atoms with Crippen molar-refractivity contribution in [3.63, 3.8) is 0 Å². The zero-order valence-electron chi connectivity index (χ0n) is 12.8. The first kappa shape index (κ1) is 17.0. The van der Waals surface area contributed by atoms with Crippen LogP contribution in [0.1, 0.15) is 26.2 Å². The van der Waals surface area contributed by atoms with Gasteiger partial charge >= 0.3 is 10.1 Å². The van der Waals surface area contributed by atoms with Gasteiger partial charge in [0.25, 0.3) is 0 Å². The Morgan fingerprint density at radius 2 is 2.09 bits per heavy atom. The van der Waals surface area contributed by atoms with Gasteiger partial charge in [-0.1, -0.05) is 6.92 Å². The number of nitrogens with one attached hydrogen (secondary N) is 1. The number of ether oxygens (including phenoxy) is 1. The maximum absolute atomic E-state index is 13.8. The molecule has 1 aromatic heterocycles. The summed E-state index contributed by atoms with van der Waals surface area (Å²) in [6, 6.07) is 2.32. The van der Waals surface area contributed by atoms with Crippen LogP contribution in [0.25, 0.3) is 0 Å². The Hall–Kier alpha value is -1.41. The molecule has 124 valence electrons. The van der Waals surface area contributed by atoms with Crippen molar-refractivity contribution in [3.05, 3.63) is 17.9 Å². The fraction of sp³-hybridized carbons (Fsp3) is 0.643. The Labute approximate surface area is 130 Å². The molecule has 0 unspecified atom stereocenters. The molecular formula is C14H21FN2O4S. The van der Waals surface area contributed by atoms with Gasteiger partial charge in [0.1, 0.15) is 0 Å². The largest absolute Gasteiger partial charge is 0.381 e. The highest BCUT2D eigenvalue weighted by atomic mass is 32.2. The second-order valence-corrected chi connectivity index (χ2v) is 7.16. The van der Waals surface area contributed by atoms with Crippen LogP contribution in [0.15, 0.2) is 12.1 Å². The van der Waals surface area contributed by atoms with E-state index in [0.717, 1.165) is 31.6 Å². The van der Waals surface area contributed by atoms with E-state index in [0.29, 0.717) is 19.8 Å². The molecular weight excluding hydrogens is 311 g/mol. The van der Waals surface area contributed by atoms with Gasteiger partial charge in [0.2, 0.25) is 5.88 Å². The van der Waals surface area contributed by atoms with Crippen LogP contribution in [0.4, 0.5) is 10.2 Å². The predicted molar refractivity (Wildman–Crippen MR) is 80.9 cm³/mol. The summed E-state index contributed by atoms with van der Waals surface area (Å²) < 4.78 is 46.1. The molecule has 2 rings (SSSR count). The Balaban J connectivity index is 2.09. The van der Waals surface area contributed by atoms with Gasteiger partial charge < -0.3 is 14.2 Å². The SMILES string of the molecule is CCC1(CNc2nc(OS(C)(=O)=O)ccc2F)CCOCC1. The van der Waals surface area contributed by atoms with Crippen LogP contribution >= 0.6 is 0 Å². The van der Waals surface area contributed by atoms with Crippen LogP contribution in [0.2, 0.25) is 0 Å². The number of hydrogen-bond acceptors (Lipinski definition) is 6. The molecule has 1 N–H and O–H groups in total. The van der Waals surface area contributed by atoms with Crippen LogP contribution in [-0.4, -0.2) is 39.4 Å². The van der Waals surface area contributed by atoms with E-state index in [9.17, 15) is 12.8 Å². The van der Waals surface area contributed by atoms with Gasteiger partial charge in [0.05, 0.1) is 6.26 Å². The van der Waals surface area contributed by atoms with E-state index in [1.165, 1.54) is 6.07 Å². The number of rotatable bonds is 6. The Kier molecular flexibility index (Phi) is 5.23. The minimum absolute atomic E-state index is 0.000432. The van der Waals surface area contributed by atoms with Crippen LogP contribution < -0.4 is 9.50 Å². The van der Waals surface area contributed by atoms with Crippen molar-refractivity contribution in [3.8, 4) is 5.88 Å². The normalized spacial score (nSPS) is 18.0. The smallest absolute Gasteiger partial charge is 0.307 e. The highest BCUT2D eigenvalue weighted by molar-refractivity contribution is 7.86. The van der Waals surface area contributed by atoms with E-state index < -0.39 is 15.9 Å². The number of pyridine rings is 1. The zero-order chi connectivity index (χ0) is 16.2. The zero-order valence-corrected chi connectivity index (χ0v) is 13.6. The van der Waals surface area contributed by atoms with Crippen molar-refractivity contribution in [2.45, 2.75) is 26.2 Å². The molecule has 1 aliphatic heterocycles. The van der Waals surface area contributed by atoms with E-state index in [-0.39, 0.29) is 17.1 Å². The lowest BCUT2D eigenvalue weighted by Crippen LogP contribution is -2.35. The molecule has 0 atom stereocenters. The topological polar surface area (TPSA) is 77.5 Å². The number of anilines is 1. The quantitative estimate of drug-likeness (QED) is 0.805. The van der Waals surface area contributed by atoms with E-state index in [2.05, 4.69) is 21.4 Å². The van der Waals surface area contributed by atoms with Gasteiger partial charge in [0, 0.05) is 25.8 Å². The minimum Gasteiger partial charge on any atom is -0.381 e. The van der Waals surface area contributed by atoms with E-state index in [4.69, 9.17) is 4.74 Å². The summed E-state index contributed by atoms with van der Waals surface area (Å²) in [4.78, 5) is 3.89. The molecule has 0 spiro atoms. The predicted octanol–water partition coefficient (Wildman–Crippen LogP) is 2.18. The van der Waals surface area contributed by atoms with E-state index in [1.807, 2.05) is 0 Å². The molecule has 0 radical (unpaired) electrons. The van der Waals surface area contributed by atoms with Crippen molar-refractivity contribution in [1.29, 1.82) is 0 Å². The van der Waals surface area contributed by atoms with Gasteiger partial charge in [0.15, 0.2) is 11.6 Å². The third-order valence-corrected chi connectivity index (χ3v) is 4.47.